The first-order valence-corrected chi connectivity index (χ1v) is 10.1. The van der Waals surface area contributed by atoms with Gasteiger partial charge in [-0.2, -0.15) is 13.2 Å². The third kappa shape index (κ3) is 6.47. The number of carbonyl (C=O) groups is 1. The zero-order valence-corrected chi connectivity index (χ0v) is 16.8. The Morgan fingerprint density at radius 2 is 1.72 bits per heavy atom. The summed E-state index contributed by atoms with van der Waals surface area (Å²) in [6.45, 7) is 4.66. The van der Waals surface area contributed by atoms with Crippen LogP contribution in [0.1, 0.15) is 25.0 Å². The number of hydrogen-bond acceptors (Lipinski definition) is 4. The van der Waals surface area contributed by atoms with Crippen LogP contribution in [-0.2, 0) is 21.0 Å². The molecule has 0 aliphatic heterocycles. The molecule has 2 aromatic carbocycles. The first kappa shape index (κ1) is 22.7. The highest BCUT2D eigenvalue weighted by atomic mass is 32.2. The number of hydrogen-bond donors (Lipinski definition) is 2. The lowest BCUT2D eigenvalue weighted by Gasteiger charge is -2.13. The summed E-state index contributed by atoms with van der Waals surface area (Å²) in [6.07, 6.45) is -4.45. The van der Waals surface area contributed by atoms with Gasteiger partial charge in [0.1, 0.15) is 5.75 Å². The van der Waals surface area contributed by atoms with Gasteiger partial charge in [0, 0.05) is 11.7 Å². The van der Waals surface area contributed by atoms with Gasteiger partial charge in [-0.3, -0.25) is 4.79 Å². The first-order chi connectivity index (χ1) is 13.4. The van der Waals surface area contributed by atoms with Gasteiger partial charge in [-0.25, -0.2) is 13.1 Å². The molecular formula is C19H21F3N2O4S. The van der Waals surface area contributed by atoms with Crippen molar-refractivity contribution in [2.45, 2.75) is 37.9 Å². The number of anilines is 1. The van der Waals surface area contributed by atoms with E-state index in [9.17, 15) is 26.4 Å². The van der Waals surface area contributed by atoms with Gasteiger partial charge in [0.05, 0.1) is 10.5 Å². The van der Waals surface area contributed by atoms with E-state index >= 15 is 0 Å². The van der Waals surface area contributed by atoms with E-state index in [1.165, 1.54) is 18.2 Å². The number of halogens is 3. The minimum Gasteiger partial charge on any atom is -0.483 e. The summed E-state index contributed by atoms with van der Waals surface area (Å²) >= 11 is 0. The molecule has 1 amide bonds. The van der Waals surface area contributed by atoms with Crippen LogP contribution in [0, 0.1) is 6.92 Å². The molecule has 2 aromatic rings. The van der Waals surface area contributed by atoms with Gasteiger partial charge in [0.25, 0.3) is 5.91 Å². The molecule has 0 atom stereocenters. The van der Waals surface area contributed by atoms with Gasteiger partial charge in [0.2, 0.25) is 10.0 Å². The lowest BCUT2D eigenvalue weighted by Crippen LogP contribution is -2.30. The Labute approximate surface area is 167 Å². The SMILES string of the molecule is Cc1cc(S(=O)(=O)NC(C)C)ccc1OCC(=O)Nc1ccc(C(F)(F)F)cc1. The number of nitrogens with one attached hydrogen (secondary N) is 2. The van der Waals surface area contributed by atoms with Crippen LogP contribution in [-0.4, -0.2) is 27.0 Å². The Kier molecular flexibility index (Phi) is 6.91. The number of rotatable bonds is 7. The van der Waals surface area contributed by atoms with Gasteiger partial charge in [-0.1, -0.05) is 0 Å². The number of ether oxygens (including phenoxy) is 1. The second-order valence-corrected chi connectivity index (χ2v) is 8.33. The van der Waals surface area contributed by atoms with Crippen molar-refractivity contribution in [2.75, 3.05) is 11.9 Å². The summed E-state index contributed by atoms with van der Waals surface area (Å²) in [6, 6.07) is 7.99. The van der Waals surface area contributed by atoms with Crippen LogP contribution in [0.3, 0.4) is 0 Å². The molecule has 0 unspecified atom stereocenters. The fraction of sp³-hybridized carbons (Fsp3) is 0.316. The van der Waals surface area contributed by atoms with Crippen molar-refractivity contribution >= 4 is 21.6 Å². The maximum absolute atomic E-state index is 12.5. The molecule has 0 aliphatic rings. The fourth-order valence-corrected chi connectivity index (χ4v) is 3.75. The van der Waals surface area contributed by atoms with E-state index in [0.717, 1.165) is 24.3 Å². The first-order valence-electron chi connectivity index (χ1n) is 8.61. The molecule has 0 heterocycles. The highest BCUT2D eigenvalue weighted by molar-refractivity contribution is 7.89. The molecule has 0 aliphatic carbocycles. The van der Waals surface area contributed by atoms with Crippen LogP contribution in [0.4, 0.5) is 18.9 Å². The maximum Gasteiger partial charge on any atom is 0.416 e. The van der Waals surface area contributed by atoms with Crippen molar-refractivity contribution in [3.05, 3.63) is 53.6 Å². The predicted octanol–water partition coefficient (Wildman–Crippen LogP) is 3.72. The number of sulfonamides is 1. The van der Waals surface area contributed by atoms with E-state index in [0.29, 0.717) is 11.3 Å². The van der Waals surface area contributed by atoms with E-state index in [1.54, 1.807) is 20.8 Å². The molecule has 29 heavy (non-hydrogen) atoms. The Bertz CT molecular complexity index is 972. The summed E-state index contributed by atoms with van der Waals surface area (Å²) in [5.74, 6) is -0.251. The van der Waals surface area contributed by atoms with Gasteiger partial charge in [-0.05, 0) is 68.8 Å². The number of amides is 1. The van der Waals surface area contributed by atoms with Crippen LogP contribution >= 0.6 is 0 Å². The van der Waals surface area contributed by atoms with Gasteiger partial charge < -0.3 is 10.1 Å². The summed E-state index contributed by atoms with van der Waals surface area (Å²) in [4.78, 5) is 12.0. The second kappa shape index (κ2) is 8.83. The average molecular weight is 430 g/mol. The highest BCUT2D eigenvalue weighted by Crippen LogP contribution is 2.29. The van der Waals surface area contributed by atoms with Crippen molar-refractivity contribution < 1.29 is 31.1 Å². The maximum atomic E-state index is 12.5. The molecule has 2 rings (SSSR count). The van der Waals surface area contributed by atoms with Crippen molar-refractivity contribution in [1.82, 2.24) is 4.72 Å². The summed E-state index contributed by atoms with van der Waals surface area (Å²) in [7, 11) is -3.65. The van der Waals surface area contributed by atoms with Crippen LogP contribution in [0.5, 0.6) is 5.75 Å². The minimum absolute atomic E-state index is 0.0743. The normalized spacial score (nSPS) is 12.1. The number of benzene rings is 2. The molecule has 0 saturated carbocycles. The van der Waals surface area contributed by atoms with Crippen molar-refractivity contribution in [3.63, 3.8) is 0 Å². The molecule has 2 N–H and O–H groups in total. The standard InChI is InChI=1S/C19H21F3N2O4S/c1-12(2)24-29(26,27)16-8-9-17(13(3)10-16)28-11-18(25)23-15-6-4-14(5-7-15)19(20,21)22/h4-10,12,24H,11H2,1-3H3,(H,23,25). The van der Waals surface area contributed by atoms with E-state index < -0.39 is 34.3 Å². The van der Waals surface area contributed by atoms with Gasteiger partial charge in [0.15, 0.2) is 6.61 Å². The van der Waals surface area contributed by atoms with E-state index in [4.69, 9.17) is 4.74 Å². The molecule has 0 aromatic heterocycles. The van der Waals surface area contributed by atoms with E-state index in [1.807, 2.05) is 0 Å². The molecular weight excluding hydrogens is 409 g/mol. The van der Waals surface area contributed by atoms with Crippen LogP contribution in [0.2, 0.25) is 0 Å². The molecule has 0 saturated heterocycles. The number of alkyl halides is 3. The monoisotopic (exact) mass is 430 g/mol. The lowest BCUT2D eigenvalue weighted by molar-refractivity contribution is -0.137. The van der Waals surface area contributed by atoms with Gasteiger partial charge in [-0.15, -0.1) is 0 Å². The highest BCUT2D eigenvalue weighted by Gasteiger charge is 2.30. The zero-order chi connectivity index (χ0) is 21.8. The van der Waals surface area contributed by atoms with Crippen molar-refractivity contribution in [2.24, 2.45) is 0 Å². The summed E-state index contributed by atoms with van der Waals surface area (Å²) < 4.78 is 69.8. The molecule has 6 nitrogen and oxygen atoms in total. The fourth-order valence-electron chi connectivity index (χ4n) is 2.41. The van der Waals surface area contributed by atoms with E-state index in [-0.39, 0.29) is 16.6 Å². The second-order valence-electron chi connectivity index (χ2n) is 6.62. The molecule has 0 spiro atoms. The zero-order valence-electron chi connectivity index (χ0n) is 16.0. The summed E-state index contributed by atoms with van der Waals surface area (Å²) in [5, 5.41) is 2.43. The Balaban J connectivity index is 1.98. The third-order valence-corrected chi connectivity index (χ3v) is 5.36. The smallest absolute Gasteiger partial charge is 0.416 e. The Hall–Kier alpha value is -2.59. The molecule has 0 bridgehead atoms. The molecule has 0 radical (unpaired) electrons. The van der Waals surface area contributed by atoms with Crippen molar-refractivity contribution in [1.29, 1.82) is 0 Å². The van der Waals surface area contributed by atoms with Crippen LogP contribution in [0.25, 0.3) is 0 Å². The van der Waals surface area contributed by atoms with Gasteiger partial charge >= 0.3 is 6.18 Å². The third-order valence-electron chi connectivity index (χ3n) is 3.70. The van der Waals surface area contributed by atoms with E-state index in [2.05, 4.69) is 10.0 Å². The molecule has 10 heteroatoms. The predicted molar refractivity (Wildman–Crippen MR) is 102 cm³/mol. The number of carbonyl (C=O) groups excluding carboxylic acids is 1. The van der Waals surface area contributed by atoms with Crippen LogP contribution in [0.15, 0.2) is 47.4 Å². The summed E-state index contributed by atoms with van der Waals surface area (Å²) in [5.41, 5.74) is -0.104. The Morgan fingerprint density at radius 1 is 1.10 bits per heavy atom. The molecule has 158 valence electrons. The topological polar surface area (TPSA) is 84.5 Å². The largest absolute Gasteiger partial charge is 0.483 e. The number of aryl methyl sites for hydroxylation is 1. The Morgan fingerprint density at radius 3 is 2.24 bits per heavy atom. The minimum atomic E-state index is -4.45. The van der Waals surface area contributed by atoms with Crippen molar-refractivity contribution in [3.8, 4) is 5.75 Å². The molecule has 0 fully saturated rings. The average Bonchev–Trinajstić information content (AvgIpc) is 2.59. The quantitative estimate of drug-likeness (QED) is 0.701. The lowest BCUT2D eigenvalue weighted by atomic mass is 10.2. The van der Waals surface area contributed by atoms with Crippen LogP contribution < -0.4 is 14.8 Å².